The maximum atomic E-state index is 12.4. The van der Waals surface area contributed by atoms with Crippen LogP contribution in [0.5, 0.6) is 5.75 Å². The van der Waals surface area contributed by atoms with Gasteiger partial charge in [0, 0.05) is 31.5 Å². The summed E-state index contributed by atoms with van der Waals surface area (Å²) in [5.41, 5.74) is 1.51. The molecule has 0 saturated carbocycles. The number of para-hydroxylation sites is 1. The first-order valence-corrected chi connectivity index (χ1v) is 10.0. The lowest BCUT2D eigenvalue weighted by Gasteiger charge is -2.32. The number of amides is 1. The van der Waals surface area contributed by atoms with Gasteiger partial charge in [-0.25, -0.2) is 4.98 Å². The monoisotopic (exact) mass is 382 g/mol. The van der Waals surface area contributed by atoms with Gasteiger partial charge in [-0.3, -0.25) is 9.78 Å². The van der Waals surface area contributed by atoms with Gasteiger partial charge in [0.1, 0.15) is 11.3 Å². The zero-order valence-electron chi connectivity index (χ0n) is 15.2. The molecule has 27 heavy (non-hydrogen) atoms. The molecule has 2 aromatic heterocycles. The van der Waals surface area contributed by atoms with Crippen LogP contribution in [0.25, 0.3) is 10.2 Å². The molecule has 1 saturated heterocycles. The van der Waals surface area contributed by atoms with Crippen LogP contribution in [0.4, 0.5) is 5.13 Å². The summed E-state index contributed by atoms with van der Waals surface area (Å²) >= 11 is 1.67. The van der Waals surface area contributed by atoms with E-state index in [1.807, 2.05) is 19.1 Å². The number of hydrogen-bond donors (Lipinski definition) is 1. The van der Waals surface area contributed by atoms with Gasteiger partial charge in [0.05, 0.1) is 16.9 Å². The summed E-state index contributed by atoms with van der Waals surface area (Å²) in [7, 11) is 0. The minimum absolute atomic E-state index is 0.0714. The van der Waals surface area contributed by atoms with Crippen molar-refractivity contribution in [3.8, 4) is 5.75 Å². The van der Waals surface area contributed by atoms with Crippen LogP contribution in [0.2, 0.25) is 0 Å². The quantitative estimate of drug-likeness (QED) is 0.732. The summed E-state index contributed by atoms with van der Waals surface area (Å²) in [6.07, 6.45) is 5.26. The van der Waals surface area contributed by atoms with E-state index in [0.29, 0.717) is 12.2 Å². The van der Waals surface area contributed by atoms with Crippen molar-refractivity contribution < 1.29 is 9.53 Å². The van der Waals surface area contributed by atoms with Crippen LogP contribution < -0.4 is 15.0 Å². The van der Waals surface area contributed by atoms with Gasteiger partial charge in [-0.1, -0.05) is 17.4 Å². The van der Waals surface area contributed by atoms with Gasteiger partial charge in [0.2, 0.25) is 0 Å². The second-order valence-corrected chi connectivity index (χ2v) is 7.54. The zero-order chi connectivity index (χ0) is 18.6. The van der Waals surface area contributed by atoms with E-state index in [2.05, 4.69) is 21.3 Å². The number of benzene rings is 1. The third kappa shape index (κ3) is 3.88. The number of pyridine rings is 1. The molecule has 1 aliphatic rings. The number of fused-ring (bicyclic) bond motifs is 1. The maximum absolute atomic E-state index is 12.4. The fourth-order valence-corrected chi connectivity index (χ4v) is 4.37. The SMILES string of the molecule is CCOc1cccc2sc(N3CCCC(NC(=O)c4cccnc4)C3)nc12. The van der Waals surface area contributed by atoms with E-state index >= 15 is 0 Å². The van der Waals surface area contributed by atoms with E-state index in [0.717, 1.165) is 47.0 Å². The molecule has 7 heteroatoms. The van der Waals surface area contributed by atoms with Crippen molar-refractivity contribution in [2.24, 2.45) is 0 Å². The Bertz CT molecular complexity index is 928. The Balaban J connectivity index is 1.49. The van der Waals surface area contributed by atoms with Crippen molar-refractivity contribution in [3.63, 3.8) is 0 Å². The molecule has 0 aliphatic carbocycles. The number of rotatable bonds is 5. The average molecular weight is 382 g/mol. The second kappa shape index (κ2) is 7.92. The highest BCUT2D eigenvalue weighted by Gasteiger charge is 2.24. The van der Waals surface area contributed by atoms with Gasteiger partial charge in [-0.15, -0.1) is 0 Å². The number of ether oxygens (including phenoxy) is 1. The van der Waals surface area contributed by atoms with Crippen molar-refractivity contribution in [2.45, 2.75) is 25.8 Å². The molecule has 4 rings (SSSR count). The minimum atomic E-state index is -0.0714. The van der Waals surface area contributed by atoms with Crippen LogP contribution in [0.1, 0.15) is 30.1 Å². The third-order valence-corrected chi connectivity index (χ3v) is 5.70. The van der Waals surface area contributed by atoms with Gasteiger partial charge >= 0.3 is 0 Å². The molecule has 1 N–H and O–H groups in total. The third-order valence-electron chi connectivity index (χ3n) is 4.62. The summed E-state index contributed by atoms with van der Waals surface area (Å²) in [5, 5.41) is 4.12. The van der Waals surface area contributed by atoms with E-state index in [4.69, 9.17) is 9.72 Å². The molecule has 140 valence electrons. The highest BCUT2D eigenvalue weighted by atomic mass is 32.1. The lowest BCUT2D eigenvalue weighted by molar-refractivity contribution is 0.0933. The number of carbonyl (C=O) groups is 1. The summed E-state index contributed by atoms with van der Waals surface area (Å²) in [6, 6.07) is 9.70. The van der Waals surface area contributed by atoms with Gasteiger partial charge < -0.3 is 15.0 Å². The van der Waals surface area contributed by atoms with Crippen molar-refractivity contribution in [1.82, 2.24) is 15.3 Å². The molecule has 3 aromatic rings. The molecule has 6 nitrogen and oxygen atoms in total. The molecule has 1 atom stereocenters. The molecule has 1 unspecified atom stereocenters. The number of aromatic nitrogens is 2. The van der Waals surface area contributed by atoms with Crippen LogP contribution in [0.15, 0.2) is 42.7 Å². The molecular weight excluding hydrogens is 360 g/mol. The first kappa shape index (κ1) is 17.7. The van der Waals surface area contributed by atoms with Gasteiger partial charge in [-0.05, 0) is 44.0 Å². The number of anilines is 1. The predicted octanol–water partition coefficient (Wildman–Crippen LogP) is 3.49. The zero-order valence-corrected chi connectivity index (χ0v) is 16.0. The summed E-state index contributed by atoms with van der Waals surface area (Å²) in [5.74, 6) is 0.758. The number of nitrogens with zero attached hydrogens (tertiary/aromatic N) is 3. The standard InChI is InChI=1S/C20H22N4O2S/c1-2-26-16-8-3-9-17-18(16)23-20(27-17)24-11-5-7-15(13-24)22-19(25)14-6-4-10-21-12-14/h3-4,6,8-10,12,15H,2,5,7,11,13H2,1H3,(H,22,25). The van der Waals surface area contributed by atoms with Crippen molar-refractivity contribution >= 4 is 32.6 Å². The number of piperidine rings is 1. The highest BCUT2D eigenvalue weighted by Crippen LogP contribution is 2.35. The lowest BCUT2D eigenvalue weighted by Crippen LogP contribution is -2.47. The predicted molar refractivity (Wildman–Crippen MR) is 108 cm³/mol. The summed E-state index contributed by atoms with van der Waals surface area (Å²) in [6.45, 7) is 4.31. The molecule has 1 fully saturated rings. The largest absolute Gasteiger partial charge is 0.492 e. The molecule has 0 spiro atoms. The van der Waals surface area contributed by atoms with E-state index in [1.54, 1.807) is 35.9 Å². The first-order chi connectivity index (χ1) is 13.2. The van der Waals surface area contributed by atoms with Crippen LogP contribution >= 0.6 is 11.3 Å². The number of nitrogens with one attached hydrogen (secondary N) is 1. The number of thiazole rings is 1. The van der Waals surface area contributed by atoms with Crippen LogP contribution in [0, 0.1) is 0 Å². The fourth-order valence-electron chi connectivity index (χ4n) is 3.35. The fraction of sp³-hybridized carbons (Fsp3) is 0.350. The van der Waals surface area contributed by atoms with Gasteiger partial charge in [0.25, 0.3) is 5.91 Å². The van der Waals surface area contributed by atoms with Crippen molar-refractivity contribution in [1.29, 1.82) is 0 Å². The van der Waals surface area contributed by atoms with E-state index < -0.39 is 0 Å². The van der Waals surface area contributed by atoms with Crippen LogP contribution in [-0.2, 0) is 0 Å². The average Bonchev–Trinajstić information content (AvgIpc) is 3.15. The Hall–Kier alpha value is -2.67. The molecular formula is C20H22N4O2S. The summed E-state index contributed by atoms with van der Waals surface area (Å²) in [4.78, 5) is 23.5. The van der Waals surface area contributed by atoms with Crippen LogP contribution in [0.3, 0.4) is 0 Å². The Morgan fingerprint density at radius 2 is 2.30 bits per heavy atom. The number of carbonyl (C=O) groups excluding carboxylic acids is 1. The summed E-state index contributed by atoms with van der Waals surface area (Å²) < 4.78 is 6.83. The molecule has 1 aliphatic heterocycles. The van der Waals surface area contributed by atoms with Crippen LogP contribution in [-0.4, -0.2) is 41.6 Å². The Labute approximate surface area is 162 Å². The minimum Gasteiger partial charge on any atom is -0.492 e. The molecule has 1 aromatic carbocycles. The Morgan fingerprint density at radius 1 is 1.37 bits per heavy atom. The van der Waals surface area contributed by atoms with Crippen molar-refractivity contribution in [2.75, 3.05) is 24.6 Å². The Kier molecular flexibility index (Phi) is 5.20. The number of hydrogen-bond acceptors (Lipinski definition) is 6. The van der Waals surface area contributed by atoms with E-state index in [9.17, 15) is 4.79 Å². The van der Waals surface area contributed by atoms with Crippen molar-refractivity contribution in [3.05, 3.63) is 48.3 Å². The molecule has 0 bridgehead atoms. The topological polar surface area (TPSA) is 67.3 Å². The molecule has 1 amide bonds. The second-order valence-electron chi connectivity index (χ2n) is 6.53. The smallest absolute Gasteiger partial charge is 0.253 e. The maximum Gasteiger partial charge on any atom is 0.253 e. The van der Waals surface area contributed by atoms with Gasteiger partial charge in [-0.2, -0.15) is 0 Å². The first-order valence-electron chi connectivity index (χ1n) is 9.23. The molecule has 3 heterocycles. The molecule has 0 radical (unpaired) electrons. The van der Waals surface area contributed by atoms with E-state index in [-0.39, 0.29) is 11.9 Å². The normalized spacial score (nSPS) is 17.1. The van der Waals surface area contributed by atoms with Gasteiger partial charge in [0.15, 0.2) is 5.13 Å². The Morgan fingerprint density at radius 3 is 3.11 bits per heavy atom. The lowest BCUT2D eigenvalue weighted by atomic mass is 10.1. The highest BCUT2D eigenvalue weighted by molar-refractivity contribution is 7.22. The van der Waals surface area contributed by atoms with E-state index in [1.165, 1.54) is 0 Å².